The van der Waals surface area contributed by atoms with E-state index in [4.69, 9.17) is 4.74 Å². The van der Waals surface area contributed by atoms with Crippen molar-refractivity contribution in [3.8, 4) is 5.75 Å². The summed E-state index contributed by atoms with van der Waals surface area (Å²) in [6, 6.07) is 14.3. The fourth-order valence-corrected chi connectivity index (χ4v) is 1.95. The summed E-state index contributed by atoms with van der Waals surface area (Å²) in [5.41, 5.74) is 1.14. The van der Waals surface area contributed by atoms with E-state index in [-0.39, 0.29) is 5.91 Å². The molecule has 0 saturated carbocycles. The zero-order valence-corrected chi connectivity index (χ0v) is 11.4. The molecule has 0 bridgehead atoms. The standard InChI is InChI=1S/C16H13N3O2/c1-21-13-7-4-12(5-8-13)16(20)19-14-9-6-11-3-2-10-17-15(11)18-14/h2-10H,1H3,(H,17,18,19,20). The van der Waals surface area contributed by atoms with Crippen molar-refractivity contribution in [2.24, 2.45) is 0 Å². The van der Waals surface area contributed by atoms with Crippen molar-refractivity contribution in [3.05, 3.63) is 60.3 Å². The summed E-state index contributed by atoms with van der Waals surface area (Å²) in [7, 11) is 1.58. The highest BCUT2D eigenvalue weighted by Gasteiger charge is 2.07. The third-order valence-corrected chi connectivity index (χ3v) is 3.06. The smallest absolute Gasteiger partial charge is 0.256 e. The molecule has 2 heterocycles. The van der Waals surface area contributed by atoms with E-state index >= 15 is 0 Å². The normalized spacial score (nSPS) is 10.3. The fourth-order valence-electron chi connectivity index (χ4n) is 1.95. The lowest BCUT2D eigenvalue weighted by atomic mass is 10.2. The number of ether oxygens (including phenoxy) is 1. The van der Waals surface area contributed by atoms with Crippen LogP contribution in [0.25, 0.3) is 11.0 Å². The predicted octanol–water partition coefficient (Wildman–Crippen LogP) is 2.89. The number of benzene rings is 1. The first-order chi connectivity index (χ1) is 10.3. The highest BCUT2D eigenvalue weighted by molar-refractivity contribution is 6.04. The highest BCUT2D eigenvalue weighted by atomic mass is 16.5. The minimum absolute atomic E-state index is 0.222. The number of carbonyl (C=O) groups excluding carboxylic acids is 1. The number of hydrogen-bond donors (Lipinski definition) is 1. The molecule has 5 nitrogen and oxygen atoms in total. The molecule has 5 heteroatoms. The van der Waals surface area contributed by atoms with Crippen molar-refractivity contribution in [1.82, 2.24) is 9.97 Å². The van der Waals surface area contributed by atoms with Gasteiger partial charge in [0.05, 0.1) is 7.11 Å². The van der Waals surface area contributed by atoms with Crippen LogP contribution in [0, 0.1) is 0 Å². The SMILES string of the molecule is COc1ccc(C(=O)Nc2ccc3cccnc3n2)cc1. The maximum Gasteiger partial charge on any atom is 0.256 e. The third-order valence-electron chi connectivity index (χ3n) is 3.06. The second kappa shape index (κ2) is 5.58. The van der Waals surface area contributed by atoms with Crippen LogP contribution in [-0.4, -0.2) is 23.0 Å². The van der Waals surface area contributed by atoms with Gasteiger partial charge in [-0.3, -0.25) is 4.79 Å². The molecule has 3 aromatic rings. The lowest BCUT2D eigenvalue weighted by Crippen LogP contribution is -2.12. The molecule has 2 aromatic heterocycles. The molecule has 0 spiro atoms. The van der Waals surface area contributed by atoms with Crippen LogP contribution in [-0.2, 0) is 0 Å². The largest absolute Gasteiger partial charge is 0.497 e. The summed E-state index contributed by atoms with van der Waals surface area (Å²) in [6.45, 7) is 0. The molecule has 1 aromatic carbocycles. The number of nitrogens with one attached hydrogen (secondary N) is 1. The van der Waals surface area contributed by atoms with Crippen molar-refractivity contribution in [2.45, 2.75) is 0 Å². The van der Waals surface area contributed by atoms with Gasteiger partial charge in [0.2, 0.25) is 0 Å². The molecule has 0 atom stereocenters. The summed E-state index contributed by atoms with van der Waals surface area (Å²) in [4.78, 5) is 20.6. The highest BCUT2D eigenvalue weighted by Crippen LogP contribution is 2.15. The van der Waals surface area contributed by atoms with Gasteiger partial charge in [-0.2, -0.15) is 0 Å². The molecule has 0 unspecified atom stereocenters. The minimum Gasteiger partial charge on any atom is -0.497 e. The minimum atomic E-state index is -0.222. The van der Waals surface area contributed by atoms with E-state index in [0.717, 1.165) is 5.39 Å². The van der Waals surface area contributed by atoms with E-state index in [2.05, 4.69) is 15.3 Å². The van der Waals surface area contributed by atoms with Crippen LogP contribution < -0.4 is 10.1 Å². The summed E-state index contributed by atoms with van der Waals surface area (Å²) < 4.78 is 5.06. The summed E-state index contributed by atoms with van der Waals surface area (Å²) >= 11 is 0. The predicted molar refractivity (Wildman–Crippen MR) is 80.5 cm³/mol. The number of rotatable bonds is 3. The monoisotopic (exact) mass is 279 g/mol. The average Bonchev–Trinajstić information content (AvgIpc) is 2.55. The van der Waals surface area contributed by atoms with Crippen LogP contribution in [0.4, 0.5) is 5.82 Å². The first-order valence-corrected chi connectivity index (χ1v) is 6.43. The zero-order valence-electron chi connectivity index (χ0n) is 11.4. The van der Waals surface area contributed by atoms with E-state index in [9.17, 15) is 4.79 Å². The van der Waals surface area contributed by atoms with Crippen molar-refractivity contribution >= 4 is 22.8 Å². The molecule has 0 radical (unpaired) electrons. The molecule has 21 heavy (non-hydrogen) atoms. The number of aromatic nitrogens is 2. The van der Waals surface area contributed by atoms with Gasteiger partial charge in [0.25, 0.3) is 5.91 Å². The maximum atomic E-state index is 12.1. The Morgan fingerprint density at radius 3 is 2.67 bits per heavy atom. The van der Waals surface area contributed by atoms with E-state index < -0.39 is 0 Å². The molecular formula is C16H13N3O2. The number of methoxy groups -OCH3 is 1. The number of hydrogen-bond acceptors (Lipinski definition) is 4. The van der Waals surface area contributed by atoms with Crippen LogP contribution in [0.2, 0.25) is 0 Å². The van der Waals surface area contributed by atoms with Crippen molar-refractivity contribution in [1.29, 1.82) is 0 Å². The fraction of sp³-hybridized carbons (Fsp3) is 0.0625. The van der Waals surface area contributed by atoms with Crippen molar-refractivity contribution < 1.29 is 9.53 Å². The topological polar surface area (TPSA) is 64.1 Å². The number of fused-ring (bicyclic) bond motifs is 1. The second-order valence-corrected chi connectivity index (χ2v) is 4.43. The Morgan fingerprint density at radius 2 is 1.90 bits per heavy atom. The Morgan fingerprint density at radius 1 is 1.10 bits per heavy atom. The van der Waals surface area contributed by atoms with Gasteiger partial charge in [-0.05, 0) is 48.5 Å². The van der Waals surface area contributed by atoms with E-state index in [1.807, 2.05) is 18.2 Å². The zero-order chi connectivity index (χ0) is 14.7. The molecule has 3 rings (SSSR count). The molecular weight excluding hydrogens is 266 g/mol. The number of amides is 1. The molecule has 0 saturated heterocycles. The molecule has 0 fully saturated rings. The Kier molecular flexibility index (Phi) is 3.47. The van der Waals surface area contributed by atoms with Gasteiger partial charge in [0.15, 0.2) is 5.65 Å². The molecule has 0 aliphatic heterocycles. The molecule has 1 amide bonds. The molecule has 0 aliphatic carbocycles. The lowest BCUT2D eigenvalue weighted by molar-refractivity contribution is 0.102. The summed E-state index contributed by atoms with van der Waals surface area (Å²) in [5, 5.41) is 3.69. The number of nitrogens with zero attached hydrogens (tertiary/aromatic N) is 2. The van der Waals surface area contributed by atoms with E-state index in [0.29, 0.717) is 22.8 Å². The van der Waals surface area contributed by atoms with Gasteiger partial charge >= 0.3 is 0 Å². The van der Waals surface area contributed by atoms with Crippen LogP contribution in [0.15, 0.2) is 54.7 Å². The second-order valence-electron chi connectivity index (χ2n) is 4.43. The van der Waals surface area contributed by atoms with Crippen molar-refractivity contribution in [3.63, 3.8) is 0 Å². The number of pyridine rings is 2. The Bertz CT molecular complexity index is 785. The van der Waals surface area contributed by atoms with Crippen LogP contribution in [0.5, 0.6) is 5.75 Å². The van der Waals surface area contributed by atoms with E-state index in [1.165, 1.54) is 0 Å². The number of carbonyl (C=O) groups is 1. The number of anilines is 1. The van der Waals surface area contributed by atoms with Crippen LogP contribution in [0.1, 0.15) is 10.4 Å². The first kappa shape index (κ1) is 13.1. The van der Waals surface area contributed by atoms with Crippen LogP contribution in [0.3, 0.4) is 0 Å². The summed E-state index contributed by atoms with van der Waals surface area (Å²) in [6.07, 6.45) is 1.67. The van der Waals surface area contributed by atoms with Gasteiger partial charge in [0.1, 0.15) is 11.6 Å². The lowest BCUT2D eigenvalue weighted by Gasteiger charge is -2.06. The first-order valence-electron chi connectivity index (χ1n) is 6.43. The Labute approximate surface area is 121 Å². The average molecular weight is 279 g/mol. The molecule has 1 N–H and O–H groups in total. The van der Waals surface area contributed by atoms with Crippen molar-refractivity contribution in [2.75, 3.05) is 12.4 Å². The Balaban J connectivity index is 1.81. The van der Waals surface area contributed by atoms with E-state index in [1.54, 1.807) is 43.6 Å². The third kappa shape index (κ3) is 2.81. The van der Waals surface area contributed by atoms with Gasteiger partial charge in [0, 0.05) is 17.1 Å². The quantitative estimate of drug-likeness (QED) is 0.800. The summed E-state index contributed by atoms with van der Waals surface area (Å²) in [5.74, 6) is 0.960. The van der Waals surface area contributed by atoms with Gasteiger partial charge in [-0.25, -0.2) is 9.97 Å². The van der Waals surface area contributed by atoms with Gasteiger partial charge in [-0.15, -0.1) is 0 Å². The molecule has 104 valence electrons. The molecule has 0 aliphatic rings. The van der Waals surface area contributed by atoms with Crippen LogP contribution >= 0.6 is 0 Å². The maximum absolute atomic E-state index is 12.1. The Hall–Kier alpha value is -2.95. The van der Waals surface area contributed by atoms with Gasteiger partial charge < -0.3 is 10.1 Å². The van der Waals surface area contributed by atoms with Gasteiger partial charge in [-0.1, -0.05) is 0 Å².